The monoisotopic (exact) mass is 372 g/mol. The van der Waals surface area contributed by atoms with Crippen molar-refractivity contribution >= 4 is 33.4 Å². The van der Waals surface area contributed by atoms with E-state index in [0.717, 1.165) is 36.0 Å². The van der Waals surface area contributed by atoms with Gasteiger partial charge in [0, 0.05) is 35.0 Å². The van der Waals surface area contributed by atoms with Gasteiger partial charge in [-0.05, 0) is 55.9 Å². The number of halogens is 2. The van der Waals surface area contributed by atoms with Crippen LogP contribution < -0.4 is 5.73 Å². The molecule has 0 radical (unpaired) electrons. The Labute approximate surface area is 140 Å². The van der Waals surface area contributed by atoms with Gasteiger partial charge in [-0.1, -0.05) is 27.5 Å². The molecule has 1 aliphatic heterocycles. The van der Waals surface area contributed by atoms with E-state index in [1.165, 1.54) is 0 Å². The molecule has 0 aromatic heterocycles. The molecule has 0 bridgehead atoms. The van der Waals surface area contributed by atoms with Crippen molar-refractivity contribution in [2.24, 2.45) is 11.7 Å². The highest BCUT2D eigenvalue weighted by molar-refractivity contribution is 9.10. The third kappa shape index (κ3) is 4.70. The van der Waals surface area contributed by atoms with Crippen LogP contribution in [0.1, 0.15) is 31.7 Å². The minimum absolute atomic E-state index is 0.227. The molecule has 0 spiro atoms. The number of carbonyl (C=O) groups is 1. The summed E-state index contributed by atoms with van der Waals surface area (Å²) in [7, 11) is 0. The first kappa shape index (κ1) is 16.8. The third-order valence-corrected chi connectivity index (χ3v) is 5.26. The summed E-state index contributed by atoms with van der Waals surface area (Å²) >= 11 is 9.50. The summed E-state index contributed by atoms with van der Waals surface area (Å²) in [5, 5.41) is 0.707. The number of nitrogens with two attached hydrogens (primary N) is 1. The van der Waals surface area contributed by atoms with Gasteiger partial charge in [-0.3, -0.25) is 4.79 Å². The van der Waals surface area contributed by atoms with Gasteiger partial charge >= 0.3 is 0 Å². The summed E-state index contributed by atoms with van der Waals surface area (Å²) in [6.07, 6.45) is 3.28. The Hall–Kier alpha value is -0.580. The molecule has 1 aromatic carbocycles. The molecule has 1 saturated heterocycles. The molecule has 2 N–H and O–H groups in total. The summed E-state index contributed by atoms with van der Waals surface area (Å²) in [6, 6.07) is 5.91. The highest BCUT2D eigenvalue weighted by Crippen LogP contribution is 2.24. The van der Waals surface area contributed by atoms with Gasteiger partial charge in [-0.25, -0.2) is 0 Å². The summed E-state index contributed by atoms with van der Waals surface area (Å²) < 4.78 is 1.01. The van der Waals surface area contributed by atoms with E-state index in [2.05, 4.69) is 22.9 Å². The average molecular weight is 374 g/mol. The minimum atomic E-state index is 0.227. The third-order valence-electron chi connectivity index (χ3n) is 4.25. The maximum Gasteiger partial charge on any atom is 0.222 e. The average Bonchev–Trinajstić information content (AvgIpc) is 2.48. The van der Waals surface area contributed by atoms with Gasteiger partial charge in [0.2, 0.25) is 5.91 Å². The number of carbonyl (C=O) groups excluding carboxylic acids is 1. The number of likely N-dealkylation sites (tertiary alicyclic amines) is 1. The highest BCUT2D eigenvalue weighted by atomic mass is 79.9. The quantitative estimate of drug-likeness (QED) is 0.876. The first-order valence-corrected chi connectivity index (χ1v) is 8.61. The van der Waals surface area contributed by atoms with Gasteiger partial charge in [0.15, 0.2) is 0 Å². The molecule has 116 valence electrons. The van der Waals surface area contributed by atoms with Gasteiger partial charge in [0.25, 0.3) is 0 Å². The number of hydrogen-bond donors (Lipinski definition) is 1. The number of amides is 1. The van der Waals surface area contributed by atoms with Crippen LogP contribution in [0.4, 0.5) is 0 Å². The molecule has 1 atom stereocenters. The molecule has 2 rings (SSSR count). The molecule has 1 heterocycles. The Morgan fingerprint density at radius 2 is 2.14 bits per heavy atom. The fourth-order valence-electron chi connectivity index (χ4n) is 2.81. The van der Waals surface area contributed by atoms with Gasteiger partial charge in [-0.2, -0.15) is 0 Å². The summed E-state index contributed by atoms with van der Waals surface area (Å²) in [5.41, 5.74) is 7.02. The van der Waals surface area contributed by atoms with Crippen LogP contribution in [0.15, 0.2) is 22.7 Å². The second kappa shape index (κ2) is 7.61. The molecule has 21 heavy (non-hydrogen) atoms. The van der Waals surface area contributed by atoms with E-state index < -0.39 is 0 Å². The lowest BCUT2D eigenvalue weighted by Crippen LogP contribution is -2.42. The molecule has 1 aliphatic rings. The van der Waals surface area contributed by atoms with Crippen LogP contribution in [0.25, 0.3) is 0 Å². The Balaban J connectivity index is 1.84. The molecule has 3 nitrogen and oxygen atoms in total. The van der Waals surface area contributed by atoms with Crippen molar-refractivity contribution in [1.29, 1.82) is 0 Å². The van der Waals surface area contributed by atoms with Crippen LogP contribution in [0.3, 0.4) is 0 Å². The molecule has 0 aliphatic carbocycles. The normalized spacial score (nSPS) is 17.8. The topological polar surface area (TPSA) is 46.3 Å². The fourth-order valence-corrected chi connectivity index (χ4v) is 3.45. The zero-order valence-electron chi connectivity index (χ0n) is 12.3. The standard InChI is InChI=1S/C16H22BrClN2O/c1-11(19)12-6-8-20(9-7-12)16(21)5-2-13-10-14(18)3-4-15(13)17/h3-4,10-12H,2,5-9,19H2,1H3. The molecule has 1 fully saturated rings. The number of benzene rings is 1. The van der Waals surface area contributed by atoms with Crippen LogP contribution in [0, 0.1) is 5.92 Å². The fraction of sp³-hybridized carbons (Fsp3) is 0.562. The van der Waals surface area contributed by atoms with E-state index >= 15 is 0 Å². The Morgan fingerprint density at radius 3 is 2.76 bits per heavy atom. The predicted molar refractivity (Wildman–Crippen MR) is 90.4 cm³/mol. The van der Waals surface area contributed by atoms with Gasteiger partial charge in [0.05, 0.1) is 0 Å². The van der Waals surface area contributed by atoms with Crippen molar-refractivity contribution in [1.82, 2.24) is 4.90 Å². The number of hydrogen-bond acceptors (Lipinski definition) is 2. The van der Waals surface area contributed by atoms with E-state index in [1.54, 1.807) is 0 Å². The summed E-state index contributed by atoms with van der Waals surface area (Å²) in [5.74, 6) is 0.779. The van der Waals surface area contributed by atoms with E-state index in [4.69, 9.17) is 17.3 Å². The molecule has 0 saturated carbocycles. The SMILES string of the molecule is CC(N)C1CCN(C(=O)CCc2cc(Cl)ccc2Br)CC1. The van der Waals surface area contributed by atoms with Crippen LogP contribution in [0.5, 0.6) is 0 Å². The lowest BCUT2D eigenvalue weighted by atomic mass is 9.91. The van der Waals surface area contributed by atoms with Gasteiger partial charge in [0.1, 0.15) is 0 Å². The zero-order valence-corrected chi connectivity index (χ0v) is 14.7. The largest absolute Gasteiger partial charge is 0.343 e. The van der Waals surface area contributed by atoms with E-state index in [9.17, 15) is 4.79 Å². The van der Waals surface area contributed by atoms with Crippen LogP contribution in [-0.4, -0.2) is 29.9 Å². The van der Waals surface area contributed by atoms with Crippen molar-refractivity contribution in [2.75, 3.05) is 13.1 Å². The maximum atomic E-state index is 12.3. The summed E-state index contributed by atoms with van der Waals surface area (Å²) in [4.78, 5) is 14.3. The van der Waals surface area contributed by atoms with E-state index in [1.807, 2.05) is 23.1 Å². The predicted octanol–water partition coefficient (Wildman–Crippen LogP) is 3.62. The highest BCUT2D eigenvalue weighted by Gasteiger charge is 2.24. The number of rotatable bonds is 4. The van der Waals surface area contributed by atoms with Crippen molar-refractivity contribution < 1.29 is 4.79 Å². The summed E-state index contributed by atoms with van der Waals surface area (Å²) in [6.45, 7) is 3.72. The van der Waals surface area contributed by atoms with Crippen LogP contribution in [0.2, 0.25) is 5.02 Å². The first-order chi connectivity index (χ1) is 9.97. The van der Waals surface area contributed by atoms with Crippen molar-refractivity contribution in [3.05, 3.63) is 33.3 Å². The van der Waals surface area contributed by atoms with Crippen molar-refractivity contribution in [3.63, 3.8) is 0 Å². The smallest absolute Gasteiger partial charge is 0.222 e. The second-order valence-electron chi connectivity index (χ2n) is 5.81. The molecule has 1 aromatic rings. The second-order valence-corrected chi connectivity index (χ2v) is 7.10. The lowest BCUT2D eigenvalue weighted by Gasteiger charge is -2.33. The van der Waals surface area contributed by atoms with E-state index in [0.29, 0.717) is 23.8 Å². The van der Waals surface area contributed by atoms with E-state index in [-0.39, 0.29) is 11.9 Å². The number of nitrogens with zero attached hydrogens (tertiary/aromatic N) is 1. The van der Waals surface area contributed by atoms with Crippen molar-refractivity contribution in [3.8, 4) is 0 Å². The Morgan fingerprint density at radius 1 is 1.48 bits per heavy atom. The number of aryl methyl sites for hydroxylation is 1. The maximum absolute atomic E-state index is 12.3. The van der Waals surface area contributed by atoms with Gasteiger partial charge < -0.3 is 10.6 Å². The van der Waals surface area contributed by atoms with Crippen LogP contribution in [-0.2, 0) is 11.2 Å². The number of piperidine rings is 1. The van der Waals surface area contributed by atoms with Gasteiger partial charge in [-0.15, -0.1) is 0 Å². The minimum Gasteiger partial charge on any atom is -0.343 e. The molecule has 5 heteroatoms. The first-order valence-electron chi connectivity index (χ1n) is 7.44. The molecular weight excluding hydrogens is 352 g/mol. The zero-order chi connectivity index (χ0) is 15.4. The molecular formula is C16H22BrClN2O. The van der Waals surface area contributed by atoms with Crippen molar-refractivity contribution in [2.45, 2.75) is 38.6 Å². The Kier molecular flexibility index (Phi) is 6.08. The van der Waals surface area contributed by atoms with Crippen LogP contribution >= 0.6 is 27.5 Å². The Bertz CT molecular complexity index is 499. The molecule has 1 unspecified atom stereocenters. The lowest BCUT2D eigenvalue weighted by molar-refractivity contribution is -0.132. The molecule has 1 amide bonds.